The second-order valence-corrected chi connectivity index (χ2v) is 6.55. The predicted molar refractivity (Wildman–Crippen MR) is 85.2 cm³/mol. The Morgan fingerprint density at radius 3 is 2.70 bits per heavy atom. The minimum atomic E-state index is -0.141. The number of nitrogens with zero attached hydrogens (tertiary/aromatic N) is 1. The molecule has 6 heteroatoms. The fourth-order valence-corrected chi connectivity index (χ4v) is 3.59. The van der Waals surface area contributed by atoms with E-state index in [9.17, 15) is 4.79 Å². The first kappa shape index (κ1) is 13.6. The van der Waals surface area contributed by atoms with Crippen LogP contribution in [0, 0.1) is 13.8 Å². The van der Waals surface area contributed by atoms with E-state index in [-0.39, 0.29) is 5.56 Å². The minimum absolute atomic E-state index is 0.141. The highest BCUT2D eigenvalue weighted by Crippen LogP contribution is 2.31. The molecule has 20 heavy (non-hydrogen) atoms. The van der Waals surface area contributed by atoms with Crippen molar-refractivity contribution in [2.24, 2.45) is 0 Å². The van der Waals surface area contributed by atoms with Crippen LogP contribution in [-0.2, 0) is 0 Å². The zero-order valence-corrected chi connectivity index (χ0v) is 13.1. The summed E-state index contributed by atoms with van der Waals surface area (Å²) in [5, 5.41) is 1.66. The molecule has 3 rings (SSSR count). The number of hydrogen-bond acceptors (Lipinski definition) is 3. The molecule has 2 heterocycles. The largest absolute Gasteiger partial charge is 0.306 e. The Kier molecular flexibility index (Phi) is 3.32. The van der Waals surface area contributed by atoms with Gasteiger partial charge >= 0.3 is 0 Å². The van der Waals surface area contributed by atoms with Gasteiger partial charge in [0.25, 0.3) is 5.56 Å². The number of H-pyrrole nitrogens is 1. The van der Waals surface area contributed by atoms with Gasteiger partial charge in [-0.3, -0.25) is 4.79 Å². The third kappa shape index (κ3) is 2.14. The third-order valence-corrected chi connectivity index (χ3v) is 4.87. The maximum Gasteiger partial charge on any atom is 0.260 e. The van der Waals surface area contributed by atoms with Gasteiger partial charge in [0.1, 0.15) is 10.7 Å². The van der Waals surface area contributed by atoms with E-state index < -0.39 is 0 Å². The smallest absolute Gasteiger partial charge is 0.260 e. The highest BCUT2D eigenvalue weighted by atomic mass is 35.5. The molecule has 102 valence electrons. The molecule has 0 spiro atoms. The first-order chi connectivity index (χ1) is 9.47. The van der Waals surface area contributed by atoms with Crippen molar-refractivity contribution in [2.75, 3.05) is 0 Å². The SMILES string of the molecule is Cc1sc2nc(-c3ccc(Cl)cc3Cl)[nH]c(=O)c2c1C. The van der Waals surface area contributed by atoms with Crippen molar-refractivity contribution < 1.29 is 0 Å². The molecule has 0 amide bonds. The second-order valence-electron chi connectivity index (χ2n) is 4.50. The van der Waals surface area contributed by atoms with E-state index in [0.717, 1.165) is 15.3 Å². The van der Waals surface area contributed by atoms with Crippen LogP contribution >= 0.6 is 34.5 Å². The van der Waals surface area contributed by atoms with Crippen LogP contribution in [0.3, 0.4) is 0 Å². The van der Waals surface area contributed by atoms with Gasteiger partial charge in [0.05, 0.1) is 10.4 Å². The Bertz CT molecular complexity index is 883. The number of fused-ring (bicyclic) bond motifs is 1. The summed E-state index contributed by atoms with van der Waals surface area (Å²) in [5.41, 5.74) is 1.50. The van der Waals surface area contributed by atoms with Gasteiger partial charge in [0.2, 0.25) is 0 Å². The van der Waals surface area contributed by atoms with Crippen LogP contribution in [0.1, 0.15) is 10.4 Å². The first-order valence-electron chi connectivity index (χ1n) is 5.93. The van der Waals surface area contributed by atoms with Crippen molar-refractivity contribution in [1.82, 2.24) is 9.97 Å². The molecule has 0 saturated heterocycles. The third-order valence-electron chi connectivity index (χ3n) is 3.23. The van der Waals surface area contributed by atoms with Gasteiger partial charge in [-0.15, -0.1) is 11.3 Å². The van der Waals surface area contributed by atoms with Gasteiger partial charge in [0.15, 0.2) is 0 Å². The molecule has 0 aliphatic rings. The van der Waals surface area contributed by atoms with E-state index in [1.165, 1.54) is 11.3 Å². The number of aromatic amines is 1. The lowest BCUT2D eigenvalue weighted by atomic mass is 10.2. The highest BCUT2D eigenvalue weighted by molar-refractivity contribution is 7.18. The van der Waals surface area contributed by atoms with Crippen molar-refractivity contribution in [3.63, 3.8) is 0 Å². The maximum absolute atomic E-state index is 12.2. The molecular formula is C14H10Cl2N2OS. The Morgan fingerprint density at radius 1 is 1.25 bits per heavy atom. The Morgan fingerprint density at radius 2 is 2.00 bits per heavy atom. The first-order valence-corrected chi connectivity index (χ1v) is 7.50. The van der Waals surface area contributed by atoms with Crippen molar-refractivity contribution in [3.8, 4) is 11.4 Å². The minimum Gasteiger partial charge on any atom is -0.306 e. The van der Waals surface area contributed by atoms with Crippen LogP contribution in [0.2, 0.25) is 10.0 Å². The summed E-state index contributed by atoms with van der Waals surface area (Å²) in [6.07, 6.45) is 0. The van der Waals surface area contributed by atoms with Crippen LogP contribution in [0.5, 0.6) is 0 Å². The molecule has 1 aromatic carbocycles. The zero-order valence-electron chi connectivity index (χ0n) is 10.8. The van der Waals surface area contributed by atoms with Crippen LogP contribution in [-0.4, -0.2) is 9.97 Å². The fourth-order valence-electron chi connectivity index (χ4n) is 2.06. The lowest BCUT2D eigenvalue weighted by Crippen LogP contribution is -2.09. The van der Waals surface area contributed by atoms with Crippen molar-refractivity contribution in [3.05, 3.63) is 49.0 Å². The van der Waals surface area contributed by atoms with Gasteiger partial charge in [-0.25, -0.2) is 4.98 Å². The molecule has 0 atom stereocenters. The van der Waals surface area contributed by atoms with Gasteiger partial charge in [-0.05, 0) is 37.6 Å². The van der Waals surface area contributed by atoms with Gasteiger partial charge < -0.3 is 4.98 Å². The molecule has 0 aliphatic heterocycles. The summed E-state index contributed by atoms with van der Waals surface area (Å²) in [6, 6.07) is 5.10. The van der Waals surface area contributed by atoms with E-state index in [1.807, 2.05) is 13.8 Å². The van der Waals surface area contributed by atoms with Crippen LogP contribution in [0.4, 0.5) is 0 Å². The van der Waals surface area contributed by atoms with E-state index in [4.69, 9.17) is 23.2 Å². The molecule has 1 N–H and O–H groups in total. The van der Waals surface area contributed by atoms with Gasteiger partial charge in [-0.2, -0.15) is 0 Å². The molecule has 3 aromatic rings. The normalized spacial score (nSPS) is 11.2. The van der Waals surface area contributed by atoms with Crippen molar-refractivity contribution in [1.29, 1.82) is 0 Å². The number of nitrogens with one attached hydrogen (secondary N) is 1. The molecule has 0 aliphatic carbocycles. The standard InChI is InChI=1S/C14H10Cl2N2OS/c1-6-7(2)20-14-11(6)13(19)17-12(18-14)9-4-3-8(15)5-10(9)16/h3-5H,1-2H3,(H,17,18,19). The molecular weight excluding hydrogens is 315 g/mol. The number of halogens is 2. The Balaban J connectivity index is 2.30. The summed E-state index contributed by atoms with van der Waals surface area (Å²) < 4.78 is 0. The molecule has 0 radical (unpaired) electrons. The monoisotopic (exact) mass is 324 g/mol. The second kappa shape index (κ2) is 4.88. The maximum atomic E-state index is 12.2. The number of hydrogen-bond donors (Lipinski definition) is 1. The lowest BCUT2D eigenvalue weighted by molar-refractivity contribution is 1.18. The Hall–Kier alpha value is -1.36. The van der Waals surface area contributed by atoms with Gasteiger partial charge in [0, 0.05) is 15.5 Å². The molecule has 0 saturated carbocycles. The van der Waals surface area contributed by atoms with E-state index in [1.54, 1.807) is 18.2 Å². The van der Waals surface area contributed by atoms with Crippen molar-refractivity contribution in [2.45, 2.75) is 13.8 Å². The van der Waals surface area contributed by atoms with Gasteiger partial charge in [-0.1, -0.05) is 23.2 Å². The Labute approximate surface area is 129 Å². The molecule has 0 unspecified atom stereocenters. The zero-order chi connectivity index (χ0) is 14.4. The number of rotatable bonds is 1. The van der Waals surface area contributed by atoms with E-state index in [2.05, 4.69) is 9.97 Å². The highest BCUT2D eigenvalue weighted by Gasteiger charge is 2.14. The molecule has 2 aromatic heterocycles. The number of benzene rings is 1. The predicted octanol–water partition coefficient (Wildman–Crippen LogP) is 4.58. The van der Waals surface area contributed by atoms with Crippen molar-refractivity contribution >= 4 is 44.8 Å². The van der Waals surface area contributed by atoms with E-state index >= 15 is 0 Å². The van der Waals surface area contributed by atoms with Crippen LogP contribution in [0.15, 0.2) is 23.0 Å². The summed E-state index contributed by atoms with van der Waals surface area (Å²) in [7, 11) is 0. The average Bonchev–Trinajstić information content (AvgIpc) is 2.65. The fraction of sp³-hybridized carbons (Fsp3) is 0.143. The lowest BCUT2D eigenvalue weighted by Gasteiger charge is -2.04. The summed E-state index contributed by atoms with van der Waals surface area (Å²) in [4.78, 5) is 21.4. The summed E-state index contributed by atoms with van der Waals surface area (Å²) in [6.45, 7) is 3.91. The number of aryl methyl sites for hydroxylation is 2. The number of aromatic nitrogens is 2. The average molecular weight is 325 g/mol. The summed E-state index contributed by atoms with van der Waals surface area (Å²) >= 11 is 13.6. The molecule has 0 bridgehead atoms. The number of thiophene rings is 1. The van der Waals surface area contributed by atoms with Crippen LogP contribution < -0.4 is 5.56 Å². The summed E-state index contributed by atoms with van der Waals surface area (Å²) in [5.74, 6) is 0.463. The molecule has 0 fully saturated rings. The molecule has 3 nitrogen and oxygen atoms in total. The topological polar surface area (TPSA) is 45.8 Å². The van der Waals surface area contributed by atoms with Crippen LogP contribution in [0.25, 0.3) is 21.6 Å². The van der Waals surface area contributed by atoms with E-state index in [0.29, 0.717) is 26.8 Å². The quantitative estimate of drug-likeness (QED) is 0.712.